The molecule has 0 saturated carbocycles. The standard InChI is InChI=1S/C23H26BrNO5/c1-27-19-13-16(14-20(28-2)22(19)29-3)7-8-21(26)25-23(9-11-30-12-10-23)17-5-4-6-18(24)15-17/h4-8,13-15H,9-12H2,1-3H3,(H,25,26)/b8-7+. The Bertz CT molecular complexity index is 897. The number of carbonyl (C=O) groups excluding carboxylic acids is 1. The molecule has 1 aliphatic rings. The Morgan fingerprint density at radius 2 is 1.73 bits per heavy atom. The van der Waals surface area contributed by atoms with Crippen molar-refractivity contribution in [2.75, 3.05) is 34.5 Å². The van der Waals surface area contributed by atoms with Crippen molar-refractivity contribution in [2.24, 2.45) is 0 Å². The highest BCUT2D eigenvalue weighted by molar-refractivity contribution is 9.10. The van der Waals surface area contributed by atoms with E-state index in [1.165, 1.54) is 6.08 Å². The molecule has 1 N–H and O–H groups in total. The van der Waals surface area contributed by atoms with Gasteiger partial charge in [-0.15, -0.1) is 0 Å². The summed E-state index contributed by atoms with van der Waals surface area (Å²) in [5.41, 5.74) is 1.37. The summed E-state index contributed by atoms with van der Waals surface area (Å²) in [5.74, 6) is 1.40. The number of hydrogen-bond donors (Lipinski definition) is 1. The maximum Gasteiger partial charge on any atom is 0.244 e. The molecular formula is C23H26BrNO5. The summed E-state index contributed by atoms with van der Waals surface area (Å²) in [5, 5.41) is 3.21. The summed E-state index contributed by atoms with van der Waals surface area (Å²) in [6, 6.07) is 11.6. The van der Waals surface area contributed by atoms with Crippen LogP contribution < -0.4 is 19.5 Å². The van der Waals surface area contributed by atoms with Crippen LogP contribution in [0.1, 0.15) is 24.0 Å². The Morgan fingerprint density at radius 3 is 2.30 bits per heavy atom. The number of nitrogens with one attached hydrogen (secondary N) is 1. The lowest BCUT2D eigenvalue weighted by atomic mass is 9.82. The molecule has 1 amide bonds. The third kappa shape index (κ3) is 4.96. The number of methoxy groups -OCH3 is 3. The lowest BCUT2D eigenvalue weighted by Crippen LogP contribution is -2.49. The van der Waals surface area contributed by atoms with Crippen LogP contribution in [0.15, 0.2) is 46.9 Å². The fourth-order valence-electron chi connectivity index (χ4n) is 3.64. The minimum atomic E-state index is -0.460. The van der Waals surface area contributed by atoms with Gasteiger partial charge in [-0.05, 0) is 54.3 Å². The van der Waals surface area contributed by atoms with E-state index in [2.05, 4.69) is 27.3 Å². The maximum atomic E-state index is 12.8. The van der Waals surface area contributed by atoms with Gasteiger partial charge in [0.05, 0.1) is 26.9 Å². The molecule has 1 fully saturated rings. The molecule has 1 aliphatic heterocycles. The van der Waals surface area contributed by atoms with Gasteiger partial charge in [-0.1, -0.05) is 28.1 Å². The Labute approximate surface area is 185 Å². The normalized spacial score (nSPS) is 15.6. The average Bonchev–Trinajstić information content (AvgIpc) is 2.77. The molecule has 0 spiro atoms. The Balaban J connectivity index is 1.83. The summed E-state index contributed by atoms with van der Waals surface area (Å²) in [4.78, 5) is 12.8. The molecule has 0 bridgehead atoms. The average molecular weight is 476 g/mol. The molecule has 2 aromatic carbocycles. The highest BCUT2D eigenvalue weighted by Gasteiger charge is 2.35. The topological polar surface area (TPSA) is 66.0 Å². The zero-order valence-electron chi connectivity index (χ0n) is 17.4. The van der Waals surface area contributed by atoms with Crippen LogP contribution in [0.5, 0.6) is 17.2 Å². The van der Waals surface area contributed by atoms with Crippen molar-refractivity contribution >= 4 is 27.9 Å². The van der Waals surface area contributed by atoms with Gasteiger partial charge in [0.2, 0.25) is 11.7 Å². The summed E-state index contributed by atoms with van der Waals surface area (Å²) in [6.45, 7) is 1.20. The smallest absolute Gasteiger partial charge is 0.244 e. The van der Waals surface area contributed by atoms with Crippen molar-refractivity contribution in [3.63, 3.8) is 0 Å². The molecule has 160 valence electrons. The minimum absolute atomic E-state index is 0.175. The summed E-state index contributed by atoms with van der Waals surface area (Å²) >= 11 is 3.53. The first-order chi connectivity index (χ1) is 14.5. The summed E-state index contributed by atoms with van der Waals surface area (Å²) < 4.78 is 22.6. The molecule has 0 atom stereocenters. The van der Waals surface area contributed by atoms with Gasteiger partial charge >= 0.3 is 0 Å². The predicted molar refractivity (Wildman–Crippen MR) is 119 cm³/mol. The van der Waals surface area contributed by atoms with Crippen LogP contribution in [0, 0.1) is 0 Å². The van der Waals surface area contributed by atoms with Crippen molar-refractivity contribution < 1.29 is 23.7 Å². The number of hydrogen-bond acceptors (Lipinski definition) is 5. The molecule has 7 heteroatoms. The van der Waals surface area contributed by atoms with E-state index in [-0.39, 0.29) is 5.91 Å². The third-order valence-corrected chi connectivity index (χ3v) is 5.69. The Morgan fingerprint density at radius 1 is 1.07 bits per heavy atom. The highest BCUT2D eigenvalue weighted by Crippen LogP contribution is 2.38. The zero-order valence-corrected chi connectivity index (χ0v) is 19.0. The van der Waals surface area contributed by atoms with Gasteiger partial charge < -0.3 is 24.3 Å². The molecular weight excluding hydrogens is 450 g/mol. The van der Waals surface area contributed by atoms with E-state index in [0.717, 1.165) is 15.6 Å². The lowest BCUT2D eigenvalue weighted by Gasteiger charge is -2.38. The van der Waals surface area contributed by atoms with Crippen LogP contribution in [-0.4, -0.2) is 40.5 Å². The van der Waals surface area contributed by atoms with Crippen molar-refractivity contribution in [1.29, 1.82) is 0 Å². The molecule has 6 nitrogen and oxygen atoms in total. The second-order valence-corrected chi connectivity index (χ2v) is 7.90. The molecule has 0 aromatic heterocycles. The van der Waals surface area contributed by atoms with E-state index in [4.69, 9.17) is 18.9 Å². The fraction of sp³-hybridized carbons (Fsp3) is 0.348. The van der Waals surface area contributed by atoms with Gasteiger partial charge in [0.15, 0.2) is 11.5 Å². The van der Waals surface area contributed by atoms with Crippen LogP contribution in [0.4, 0.5) is 0 Å². The van der Waals surface area contributed by atoms with E-state index < -0.39 is 5.54 Å². The highest BCUT2D eigenvalue weighted by atomic mass is 79.9. The minimum Gasteiger partial charge on any atom is -0.493 e. The van der Waals surface area contributed by atoms with Crippen molar-refractivity contribution in [1.82, 2.24) is 5.32 Å². The number of halogens is 1. The first-order valence-electron chi connectivity index (χ1n) is 9.65. The molecule has 0 unspecified atom stereocenters. The third-order valence-electron chi connectivity index (χ3n) is 5.20. The summed E-state index contributed by atoms with van der Waals surface area (Å²) in [7, 11) is 4.67. The monoisotopic (exact) mass is 475 g/mol. The maximum absolute atomic E-state index is 12.8. The van der Waals surface area contributed by atoms with Gasteiger partial charge in [-0.25, -0.2) is 0 Å². The molecule has 3 rings (SSSR count). The van der Waals surface area contributed by atoms with E-state index in [1.807, 2.05) is 18.2 Å². The Hall–Kier alpha value is -2.51. The van der Waals surface area contributed by atoms with E-state index in [1.54, 1.807) is 39.5 Å². The van der Waals surface area contributed by atoms with Crippen molar-refractivity contribution in [3.8, 4) is 17.2 Å². The van der Waals surface area contributed by atoms with Crippen LogP contribution in [0.3, 0.4) is 0 Å². The molecule has 0 aliphatic carbocycles. The lowest BCUT2D eigenvalue weighted by molar-refractivity contribution is -0.119. The number of rotatable bonds is 7. The van der Waals surface area contributed by atoms with Gasteiger partial charge in [0, 0.05) is 23.8 Å². The molecule has 2 aromatic rings. The first-order valence-corrected chi connectivity index (χ1v) is 10.4. The molecule has 30 heavy (non-hydrogen) atoms. The van der Waals surface area contributed by atoms with Crippen LogP contribution in [-0.2, 0) is 15.1 Å². The number of benzene rings is 2. The van der Waals surface area contributed by atoms with Crippen LogP contribution >= 0.6 is 15.9 Å². The number of ether oxygens (including phenoxy) is 4. The van der Waals surface area contributed by atoms with Gasteiger partial charge in [0.1, 0.15) is 0 Å². The van der Waals surface area contributed by atoms with Gasteiger partial charge in [-0.2, -0.15) is 0 Å². The second kappa shape index (κ2) is 10.00. The summed E-state index contributed by atoms with van der Waals surface area (Å²) in [6.07, 6.45) is 4.68. The number of amides is 1. The largest absolute Gasteiger partial charge is 0.493 e. The van der Waals surface area contributed by atoms with E-state index in [0.29, 0.717) is 43.3 Å². The zero-order chi connectivity index (χ0) is 21.6. The van der Waals surface area contributed by atoms with E-state index >= 15 is 0 Å². The van der Waals surface area contributed by atoms with Crippen LogP contribution in [0.2, 0.25) is 0 Å². The molecule has 1 saturated heterocycles. The Kier molecular flexibility index (Phi) is 7.39. The second-order valence-electron chi connectivity index (χ2n) is 6.99. The predicted octanol–water partition coefficient (Wildman–Crippen LogP) is 4.31. The fourth-order valence-corrected chi connectivity index (χ4v) is 4.04. The SMILES string of the molecule is COc1cc(/C=C/C(=O)NC2(c3cccc(Br)c3)CCOCC2)cc(OC)c1OC. The van der Waals surface area contributed by atoms with Crippen molar-refractivity contribution in [3.05, 3.63) is 58.1 Å². The molecule has 0 radical (unpaired) electrons. The van der Waals surface area contributed by atoms with E-state index in [9.17, 15) is 4.79 Å². The van der Waals surface area contributed by atoms with Gasteiger partial charge in [0.25, 0.3) is 0 Å². The number of carbonyl (C=O) groups is 1. The molecule has 1 heterocycles. The first kappa shape index (κ1) is 22.2. The quantitative estimate of drug-likeness (QED) is 0.604. The van der Waals surface area contributed by atoms with Crippen molar-refractivity contribution in [2.45, 2.75) is 18.4 Å². The van der Waals surface area contributed by atoms with Crippen LogP contribution in [0.25, 0.3) is 6.08 Å². The van der Waals surface area contributed by atoms with Gasteiger partial charge in [-0.3, -0.25) is 4.79 Å².